The van der Waals surface area contributed by atoms with E-state index in [0.29, 0.717) is 18.4 Å². The largest absolute Gasteiger partial charge is 0.456 e. The number of imide groups is 2. The van der Waals surface area contributed by atoms with Crippen molar-refractivity contribution in [2.45, 2.75) is 52.0 Å². The highest BCUT2D eigenvalue weighted by molar-refractivity contribution is 6.09. The third-order valence-electron chi connectivity index (χ3n) is 10.9. The molecule has 2 aliphatic heterocycles. The van der Waals surface area contributed by atoms with Crippen molar-refractivity contribution >= 4 is 35.4 Å². The van der Waals surface area contributed by atoms with Crippen LogP contribution >= 0.6 is 0 Å². The van der Waals surface area contributed by atoms with Gasteiger partial charge in [-0.1, -0.05) is 36.4 Å². The van der Waals surface area contributed by atoms with Gasteiger partial charge in [-0.25, -0.2) is 4.79 Å². The highest BCUT2D eigenvalue weighted by Crippen LogP contribution is 2.54. The number of ketones is 1. The van der Waals surface area contributed by atoms with Crippen molar-refractivity contribution in [3.63, 3.8) is 0 Å². The number of aryl methyl sites for hydroxylation is 2. The minimum atomic E-state index is -1.16. The van der Waals surface area contributed by atoms with Crippen LogP contribution in [0.25, 0.3) is 0 Å². The number of allylic oxidation sites excluding steroid dienone is 4. The van der Waals surface area contributed by atoms with Gasteiger partial charge in [-0.3, -0.25) is 33.8 Å². The molecule has 0 spiro atoms. The number of Topliss-reactive ketones (excluding diaryl/α,β-unsaturated/α-hetero) is 1. The molecule has 2 saturated heterocycles. The lowest BCUT2D eigenvalue weighted by Gasteiger charge is -2.26. The fraction of sp³-hybridized carbons (Fsp3) is 0.529. The fourth-order valence-corrected chi connectivity index (χ4v) is 8.61. The number of hydrogen-bond acceptors (Lipinski definition) is 7. The predicted molar refractivity (Wildman–Crippen MR) is 153 cm³/mol. The van der Waals surface area contributed by atoms with E-state index in [2.05, 4.69) is 12.2 Å². The molecular formula is C34H36N2O7. The Kier molecular flexibility index (Phi) is 6.74. The molecule has 2 saturated carbocycles. The third kappa shape index (κ3) is 4.33. The predicted octanol–water partition coefficient (Wildman–Crippen LogP) is 3.18. The monoisotopic (exact) mass is 584 g/mol. The smallest absolute Gasteiger partial charge is 0.329 e. The number of nitrogens with zero attached hydrogens (tertiary/aromatic N) is 2. The molecule has 4 aliphatic carbocycles. The van der Waals surface area contributed by atoms with Gasteiger partial charge in [-0.2, -0.15) is 0 Å². The van der Waals surface area contributed by atoms with Gasteiger partial charge in [0.15, 0.2) is 12.4 Å². The number of esters is 1. The van der Waals surface area contributed by atoms with Gasteiger partial charge < -0.3 is 4.74 Å². The van der Waals surface area contributed by atoms with Crippen LogP contribution in [-0.4, -0.2) is 64.4 Å². The number of unbranched alkanes of at least 4 members (excludes halogenated alkanes) is 1. The van der Waals surface area contributed by atoms with Crippen LogP contribution in [0.15, 0.2) is 42.5 Å². The van der Waals surface area contributed by atoms with Gasteiger partial charge in [0.2, 0.25) is 23.6 Å². The summed E-state index contributed by atoms with van der Waals surface area (Å²) in [6.45, 7) is 3.58. The Bertz CT molecular complexity index is 1450. The van der Waals surface area contributed by atoms with Gasteiger partial charge in [0, 0.05) is 12.1 Å². The fourth-order valence-electron chi connectivity index (χ4n) is 8.61. The van der Waals surface area contributed by atoms with E-state index in [1.54, 1.807) is 12.1 Å². The summed E-state index contributed by atoms with van der Waals surface area (Å²) in [5.74, 6) is -3.27. The van der Waals surface area contributed by atoms with Gasteiger partial charge in [0.25, 0.3) is 0 Å². The second-order valence-electron chi connectivity index (χ2n) is 13.2. The van der Waals surface area contributed by atoms with E-state index >= 15 is 0 Å². The van der Waals surface area contributed by atoms with Crippen molar-refractivity contribution in [2.24, 2.45) is 47.3 Å². The van der Waals surface area contributed by atoms with E-state index in [1.807, 2.05) is 32.1 Å². The van der Waals surface area contributed by atoms with E-state index in [9.17, 15) is 28.8 Å². The zero-order valence-corrected chi connectivity index (χ0v) is 24.4. The maximum atomic E-state index is 13.6. The number of likely N-dealkylation sites (tertiary alicyclic amines) is 2. The molecule has 0 radical (unpaired) electrons. The molecule has 9 heteroatoms. The van der Waals surface area contributed by atoms with Crippen molar-refractivity contribution in [1.82, 2.24) is 9.80 Å². The molecule has 1 aromatic rings. The van der Waals surface area contributed by atoms with Crippen LogP contribution in [0.4, 0.5) is 0 Å². The summed E-state index contributed by atoms with van der Waals surface area (Å²) in [4.78, 5) is 82.0. The first-order valence-electron chi connectivity index (χ1n) is 15.5. The van der Waals surface area contributed by atoms with Crippen molar-refractivity contribution in [3.05, 3.63) is 59.2 Å². The number of carbonyl (C=O) groups excluding carboxylic acids is 6. The van der Waals surface area contributed by atoms with Crippen LogP contribution in [0.3, 0.4) is 0 Å². The molecule has 0 N–H and O–H groups in total. The number of carbonyl (C=O) groups is 6. The second-order valence-corrected chi connectivity index (χ2v) is 13.2. The maximum absolute atomic E-state index is 13.6. The van der Waals surface area contributed by atoms with E-state index < -0.39 is 30.5 Å². The normalized spacial score (nSPS) is 33.6. The molecule has 7 rings (SSSR count). The summed E-state index contributed by atoms with van der Waals surface area (Å²) in [6.07, 6.45) is 10.7. The van der Waals surface area contributed by atoms with Crippen molar-refractivity contribution < 1.29 is 33.5 Å². The molecule has 4 bridgehead atoms. The summed E-state index contributed by atoms with van der Waals surface area (Å²) in [5.41, 5.74) is 2.41. The van der Waals surface area contributed by atoms with Crippen LogP contribution in [0.5, 0.6) is 0 Å². The van der Waals surface area contributed by atoms with Crippen LogP contribution in [0.1, 0.15) is 53.6 Å². The molecule has 4 fully saturated rings. The molecular weight excluding hydrogens is 548 g/mol. The topological polar surface area (TPSA) is 118 Å². The Morgan fingerprint density at radius 2 is 1.30 bits per heavy atom. The first-order valence-corrected chi connectivity index (χ1v) is 15.5. The summed E-state index contributed by atoms with van der Waals surface area (Å²) in [5, 5.41) is 0. The quantitative estimate of drug-likeness (QED) is 0.136. The van der Waals surface area contributed by atoms with Crippen LogP contribution in [-0.2, 0) is 28.7 Å². The highest BCUT2D eigenvalue weighted by Gasteiger charge is 2.61. The molecule has 9 atom stereocenters. The molecule has 4 amide bonds. The van der Waals surface area contributed by atoms with Gasteiger partial charge in [-0.05, 0) is 86.8 Å². The Balaban J connectivity index is 1.02. The van der Waals surface area contributed by atoms with E-state index in [0.717, 1.165) is 28.9 Å². The average molecular weight is 585 g/mol. The first kappa shape index (κ1) is 27.9. The van der Waals surface area contributed by atoms with Crippen molar-refractivity contribution in [1.29, 1.82) is 0 Å². The minimum absolute atomic E-state index is 0.00380. The van der Waals surface area contributed by atoms with Gasteiger partial charge >= 0.3 is 5.97 Å². The number of rotatable bonds is 10. The summed E-state index contributed by atoms with van der Waals surface area (Å²) < 4.78 is 5.46. The van der Waals surface area contributed by atoms with Gasteiger partial charge in [0.1, 0.15) is 6.04 Å². The van der Waals surface area contributed by atoms with E-state index in [1.165, 1.54) is 4.90 Å². The Morgan fingerprint density at radius 1 is 0.767 bits per heavy atom. The Labute approximate surface area is 250 Å². The van der Waals surface area contributed by atoms with Crippen LogP contribution in [0, 0.1) is 61.2 Å². The standard InChI is InChI=1S/C34H36N2O7/c1-17-6-7-19(13-18(17)2)25(37)16-43-34(42)24(36-32(40)28-22-10-11-23(15-22)29(28)33(36)41)5-3-4-12-35-30(38)26-20-8-9-21(14-20)27(26)31(35)39/h6-11,13,20-24,26-29H,3-5,12,14-16H2,1-2H3/t20-,21-,22-,23-,24+,26-,27-,28-,29+/m0/s1. The van der Waals surface area contributed by atoms with Gasteiger partial charge in [0.05, 0.1) is 23.7 Å². The lowest BCUT2D eigenvalue weighted by atomic mass is 9.85. The summed E-state index contributed by atoms with van der Waals surface area (Å²) in [6, 6.07) is 4.10. The zero-order chi connectivity index (χ0) is 30.2. The lowest BCUT2D eigenvalue weighted by Crippen LogP contribution is -2.47. The molecule has 43 heavy (non-hydrogen) atoms. The molecule has 6 aliphatic rings. The van der Waals surface area contributed by atoms with E-state index in [4.69, 9.17) is 4.74 Å². The third-order valence-corrected chi connectivity index (χ3v) is 10.9. The van der Waals surface area contributed by atoms with Crippen LogP contribution in [0.2, 0.25) is 0 Å². The van der Waals surface area contributed by atoms with Crippen molar-refractivity contribution in [2.75, 3.05) is 13.2 Å². The number of ether oxygens (including phenoxy) is 1. The average Bonchev–Trinajstić information content (AvgIpc) is 3.84. The first-order chi connectivity index (χ1) is 20.7. The molecule has 1 aromatic carbocycles. The van der Waals surface area contributed by atoms with Crippen molar-refractivity contribution in [3.8, 4) is 0 Å². The minimum Gasteiger partial charge on any atom is -0.456 e. The number of fused-ring (bicyclic) bond motifs is 10. The van der Waals surface area contributed by atoms with E-state index in [-0.39, 0.29) is 77.9 Å². The molecule has 0 unspecified atom stereocenters. The maximum Gasteiger partial charge on any atom is 0.329 e. The Hall–Kier alpha value is -3.88. The summed E-state index contributed by atoms with van der Waals surface area (Å²) in [7, 11) is 0. The molecule has 9 nitrogen and oxygen atoms in total. The number of hydrogen-bond donors (Lipinski definition) is 0. The number of benzene rings is 1. The number of amides is 4. The van der Waals surface area contributed by atoms with Crippen LogP contribution < -0.4 is 0 Å². The zero-order valence-electron chi connectivity index (χ0n) is 24.4. The molecule has 224 valence electrons. The Morgan fingerprint density at radius 3 is 1.84 bits per heavy atom. The summed E-state index contributed by atoms with van der Waals surface area (Å²) >= 11 is 0. The second kappa shape index (κ2) is 10.4. The van der Waals surface area contributed by atoms with Gasteiger partial charge in [-0.15, -0.1) is 0 Å². The highest BCUT2D eigenvalue weighted by atomic mass is 16.5. The lowest BCUT2D eigenvalue weighted by molar-refractivity contribution is -0.159. The molecule has 2 heterocycles. The molecule has 0 aromatic heterocycles. The SMILES string of the molecule is Cc1ccc(C(=O)COC(=O)[C@@H](CCCCN2C(=O)[C@@H]3[C@@H](C2=O)[C@H]2C=C[C@H]3C2)N2C(=O)[C@@H]3[C@H](C2=O)[C@H]2C=C[C@H]3C2)cc1C.